The fraction of sp³-hybridized carbons (Fsp3) is 0.667. The summed E-state index contributed by atoms with van der Waals surface area (Å²) >= 11 is 5.79. The molecule has 100 valence electrons. The Balaban J connectivity index is 1.79. The monoisotopic (exact) mass is 269 g/mol. The van der Waals surface area contributed by atoms with Gasteiger partial charge in [-0.25, -0.2) is 9.97 Å². The Morgan fingerprint density at radius 2 is 2.06 bits per heavy atom. The van der Waals surface area contributed by atoms with Gasteiger partial charge in [0.15, 0.2) is 0 Å². The normalized spacial score (nSPS) is 17.9. The van der Waals surface area contributed by atoms with Gasteiger partial charge in [0.1, 0.15) is 5.82 Å². The lowest BCUT2D eigenvalue weighted by Gasteiger charge is -2.33. The van der Waals surface area contributed by atoms with Crippen LogP contribution in [0.2, 0.25) is 5.28 Å². The van der Waals surface area contributed by atoms with E-state index in [1.54, 1.807) is 6.20 Å². The first-order chi connectivity index (χ1) is 8.65. The summed E-state index contributed by atoms with van der Waals surface area (Å²) in [6.45, 7) is 6.62. The summed E-state index contributed by atoms with van der Waals surface area (Å²) in [6, 6.07) is 1.88. The molecule has 0 amide bonds. The van der Waals surface area contributed by atoms with E-state index in [1.165, 1.54) is 0 Å². The highest BCUT2D eigenvalue weighted by molar-refractivity contribution is 6.28. The molecule has 1 aliphatic heterocycles. The predicted molar refractivity (Wildman–Crippen MR) is 74.2 cm³/mol. The highest BCUT2D eigenvalue weighted by Gasteiger charge is 2.14. The lowest BCUT2D eigenvalue weighted by atomic mass is 10.3. The molecule has 1 aromatic rings. The van der Waals surface area contributed by atoms with Gasteiger partial charge in [0.2, 0.25) is 5.28 Å². The zero-order chi connectivity index (χ0) is 13.0. The Morgan fingerprint density at radius 3 is 2.72 bits per heavy atom. The molecular formula is C12H20ClN5. The summed E-state index contributed by atoms with van der Waals surface area (Å²) in [6.07, 6.45) is 1.69. The van der Waals surface area contributed by atoms with Gasteiger partial charge in [-0.3, -0.25) is 4.90 Å². The predicted octanol–water partition coefficient (Wildman–Crippen LogP) is 0.814. The molecule has 1 saturated heterocycles. The van der Waals surface area contributed by atoms with Gasteiger partial charge in [0.05, 0.1) is 0 Å². The van der Waals surface area contributed by atoms with E-state index in [0.717, 1.165) is 45.1 Å². The smallest absolute Gasteiger partial charge is 0.224 e. The number of halogens is 1. The third-order valence-corrected chi connectivity index (χ3v) is 3.53. The molecule has 0 spiro atoms. The molecule has 1 aromatic heterocycles. The fourth-order valence-electron chi connectivity index (χ4n) is 2.02. The summed E-state index contributed by atoms with van der Waals surface area (Å²) in [5.74, 6) is 0.879. The van der Waals surface area contributed by atoms with Crippen LogP contribution in [0.1, 0.15) is 0 Å². The summed E-state index contributed by atoms with van der Waals surface area (Å²) < 4.78 is 0. The zero-order valence-corrected chi connectivity index (χ0v) is 11.8. The lowest BCUT2D eigenvalue weighted by Crippen LogP contribution is -2.46. The Bertz CT molecular complexity index is 378. The van der Waals surface area contributed by atoms with Crippen molar-refractivity contribution in [1.82, 2.24) is 19.8 Å². The van der Waals surface area contributed by atoms with Crippen molar-refractivity contribution < 1.29 is 0 Å². The number of rotatable bonds is 4. The van der Waals surface area contributed by atoms with Crippen molar-refractivity contribution in [2.45, 2.75) is 0 Å². The second kappa shape index (κ2) is 6.31. The summed E-state index contributed by atoms with van der Waals surface area (Å²) in [5.41, 5.74) is 0. The van der Waals surface area contributed by atoms with E-state index in [4.69, 9.17) is 11.6 Å². The third-order valence-electron chi connectivity index (χ3n) is 3.35. The molecule has 0 N–H and O–H groups in total. The van der Waals surface area contributed by atoms with E-state index in [0.29, 0.717) is 5.28 Å². The van der Waals surface area contributed by atoms with Gasteiger partial charge in [0.25, 0.3) is 0 Å². The summed E-state index contributed by atoms with van der Waals surface area (Å²) in [5, 5.41) is 0.305. The number of nitrogens with zero attached hydrogens (tertiary/aromatic N) is 5. The molecule has 2 heterocycles. The van der Waals surface area contributed by atoms with Gasteiger partial charge in [-0.2, -0.15) is 0 Å². The standard InChI is InChI=1S/C12H20ClN5/c1-16-5-8-18(9-6-16)10-7-17(2)11-3-4-14-12(13)15-11/h3-4H,5-10H2,1-2H3. The Labute approximate surface area is 113 Å². The maximum Gasteiger partial charge on any atom is 0.224 e. The molecule has 0 aliphatic carbocycles. The first-order valence-corrected chi connectivity index (χ1v) is 6.63. The molecule has 5 nitrogen and oxygen atoms in total. The van der Waals surface area contributed by atoms with Crippen molar-refractivity contribution >= 4 is 17.4 Å². The van der Waals surface area contributed by atoms with Gasteiger partial charge >= 0.3 is 0 Å². The number of anilines is 1. The molecule has 0 unspecified atom stereocenters. The first-order valence-electron chi connectivity index (χ1n) is 6.26. The molecule has 0 aromatic carbocycles. The Kier molecular flexibility index (Phi) is 4.74. The number of hydrogen-bond donors (Lipinski definition) is 0. The van der Waals surface area contributed by atoms with Crippen LogP contribution in [0.3, 0.4) is 0 Å². The SMILES string of the molecule is CN1CCN(CCN(C)c2ccnc(Cl)n2)CC1. The minimum Gasteiger partial charge on any atom is -0.358 e. The maximum absolute atomic E-state index is 5.79. The van der Waals surface area contributed by atoms with Crippen LogP contribution in [-0.2, 0) is 0 Å². The van der Waals surface area contributed by atoms with E-state index in [9.17, 15) is 0 Å². The number of likely N-dealkylation sites (N-methyl/N-ethyl adjacent to an activating group) is 2. The van der Waals surface area contributed by atoms with Gasteiger partial charge in [0, 0.05) is 52.5 Å². The minimum absolute atomic E-state index is 0.305. The maximum atomic E-state index is 5.79. The largest absolute Gasteiger partial charge is 0.358 e. The highest BCUT2D eigenvalue weighted by Crippen LogP contribution is 2.10. The Morgan fingerprint density at radius 1 is 1.33 bits per heavy atom. The second-order valence-corrected chi connectivity index (χ2v) is 5.09. The molecular weight excluding hydrogens is 250 g/mol. The van der Waals surface area contributed by atoms with E-state index >= 15 is 0 Å². The van der Waals surface area contributed by atoms with Crippen LogP contribution in [0.25, 0.3) is 0 Å². The number of hydrogen-bond acceptors (Lipinski definition) is 5. The van der Waals surface area contributed by atoms with Crippen molar-refractivity contribution in [3.8, 4) is 0 Å². The van der Waals surface area contributed by atoms with Crippen LogP contribution in [0.5, 0.6) is 0 Å². The van der Waals surface area contributed by atoms with Gasteiger partial charge in [-0.15, -0.1) is 0 Å². The van der Waals surface area contributed by atoms with Crippen LogP contribution in [0.15, 0.2) is 12.3 Å². The van der Waals surface area contributed by atoms with Gasteiger partial charge < -0.3 is 9.80 Å². The third kappa shape index (κ3) is 3.80. The topological polar surface area (TPSA) is 35.5 Å². The van der Waals surface area contributed by atoms with Crippen molar-refractivity contribution in [3.63, 3.8) is 0 Å². The van der Waals surface area contributed by atoms with Gasteiger partial charge in [-0.05, 0) is 24.7 Å². The summed E-state index contributed by atoms with van der Waals surface area (Å²) in [7, 11) is 4.21. The molecule has 0 bridgehead atoms. The zero-order valence-electron chi connectivity index (χ0n) is 11.0. The van der Waals surface area contributed by atoms with Crippen LogP contribution in [0, 0.1) is 0 Å². The van der Waals surface area contributed by atoms with E-state index < -0.39 is 0 Å². The molecule has 0 radical (unpaired) electrons. The van der Waals surface area contributed by atoms with Crippen LogP contribution >= 0.6 is 11.6 Å². The average Bonchev–Trinajstić information content (AvgIpc) is 2.38. The average molecular weight is 270 g/mol. The first kappa shape index (κ1) is 13.5. The Hall–Kier alpha value is -0.910. The molecule has 2 rings (SSSR count). The quantitative estimate of drug-likeness (QED) is 0.756. The minimum atomic E-state index is 0.305. The molecule has 18 heavy (non-hydrogen) atoms. The molecule has 1 aliphatic rings. The van der Waals surface area contributed by atoms with Crippen molar-refractivity contribution in [2.24, 2.45) is 0 Å². The van der Waals surface area contributed by atoms with Crippen molar-refractivity contribution in [2.75, 3.05) is 58.3 Å². The lowest BCUT2D eigenvalue weighted by molar-refractivity contribution is 0.157. The van der Waals surface area contributed by atoms with E-state index in [-0.39, 0.29) is 0 Å². The van der Waals surface area contributed by atoms with E-state index in [2.05, 4.69) is 31.7 Å². The van der Waals surface area contributed by atoms with Crippen molar-refractivity contribution in [1.29, 1.82) is 0 Å². The fourth-order valence-corrected chi connectivity index (χ4v) is 2.16. The molecule has 0 atom stereocenters. The molecule has 6 heteroatoms. The van der Waals surface area contributed by atoms with Crippen molar-refractivity contribution in [3.05, 3.63) is 17.5 Å². The number of piperazine rings is 1. The van der Waals surface area contributed by atoms with Crippen LogP contribution in [0.4, 0.5) is 5.82 Å². The molecule has 0 saturated carbocycles. The highest BCUT2D eigenvalue weighted by atomic mass is 35.5. The van der Waals surface area contributed by atoms with Gasteiger partial charge in [-0.1, -0.05) is 0 Å². The molecule has 1 fully saturated rings. The second-order valence-electron chi connectivity index (χ2n) is 4.75. The van der Waals surface area contributed by atoms with E-state index in [1.807, 2.05) is 13.1 Å². The number of aromatic nitrogens is 2. The summed E-state index contributed by atoms with van der Waals surface area (Å²) in [4.78, 5) is 15.1. The van der Waals surface area contributed by atoms with Crippen LogP contribution in [-0.4, -0.2) is 73.1 Å². The van der Waals surface area contributed by atoms with Crippen LogP contribution < -0.4 is 4.90 Å².